The first-order valence-corrected chi connectivity index (χ1v) is 8.87. The lowest BCUT2D eigenvalue weighted by atomic mass is 9.87. The van der Waals surface area contributed by atoms with E-state index in [1.807, 2.05) is 13.1 Å². The van der Waals surface area contributed by atoms with Gasteiger partial charge in [0.2, 0.25) is 0 Å². The number of nitrogens with one attached hydrogen (secondary N) is 1. The summed E-state index contributed by atoms with van der Waals surface area (Å²) in [6, 6.07) is 8.93. The van der Waals surface area contributed by atoms with Gasteiger partial charge in [-0.3, -0.25) is 9.80 Å². The summed E-state index contributed by atoms with van der Waals surface area (Å²) in [7, 11) is 0. The van der Waals surface area contributed by atoms with E-state index in [2.05, 4.69) is 39.0 Å². The van der Waals surface area contributed by atoms with E-state index < -0.39 is 5.60 Å². The maximum Gasteiger partial charge on any atom is 0.0798 e. The van der Waals surface area contributed by atoms with Gasteiger partial charge in [0, 0.05) is 36.7 Å². The van der Waals surface area contributed by atoms with Gasteiger partial charge in [0.25, 0.3) is 0 Å². The molecule has 0 amide bonds. The molecule has 2 atom stereocenters. The number of aliphatic hydroxyl groups is 1. The number of nitrogens with zero attached hydrogens (tertiary/aromatic N) is 2. The van der Waals surface area contributed by atoms with E-state index in [4.69, 9.17) is 0 Å². The van der Waals surface area contributed by atoms with Crippen LogP contribution in [0.1, 0.15) is 31.7 Å². The number of hydrogen-bond acceptors (Lipinski definition) is 3. The molecule has 23 heavy (non-hydrogen) atoms. The fourth-order valence-electron chi connectivity index (χ4n) is 4.32. The van der Waals surface area contributed by atoms with Crippen molar-refractivity contribution in [2.75, 3.05) is 26.2 Å². The molecule has 3 heterocycles. The quantitative estimate of drug-likeness (QED) is 0.915. The Kier molecular flexibility index (Phi) is 3.92. The summed E-state index contributed by atoms with van der Waals surface area (Å²) in [4.78, 5) is 8.32. The van der Waals surface area contributed by atoms with E-state index in [9.17, 15) is 5.11 Å². The summed E-state index contributed by atoms with van der Waals surface area (Å²) in [5, 5.41) is 12.2. The molecule has 124 valence electrons. The van der Waals surface area contributed by atoms with Crippen LogP contribution in [-0.4, -0.2) is 57.7 Å². The number of aromatic nitrogens is 1. The van der Waals surface area contributed by atoms with Crippen LogP contribution >= 0.6 is 0 Å². The molecule has 0 aliphatic carbocycles. The number of fused-ring (bicyclic) bond motifs is 1. The standard InChI is InChI=1S/C19H27N3O/c1-19(23)8-12-21(14-18(19)22-10-2-3-11-22)13-15-5-4-6-17-16(15)7-9-20-17/h4-7,9,18,20,23H,2-3,8,10-14H2,1H3. The first-order valence-electron chi connectivity index (χ1n) is 8.87. The molecule has 2 aromatic rings. The summed E-state index contributed by atoms with van der Waals surface area (Å²) >= 11 is 0. The molecule has 4 rings (SSSR count). The summed E-state index contributed by atoms with van der Waals surface area (Å²) < 4.78 is 0. The average molecular weight is 313 g/mol. The van der Waals surface area contributed by atoms with Gasteiger partial charge in [0.1, 0.15) is 0 Å². The molecule has 1 aromatic heterocycles. The fraction of sp³-hybridized carbons (Fsp3) is 0.579. The van der Waals surface area contributed by atoms with Crippen LogP contribution in [0.15, 0.2) is 30.5 Å². The predicted molar refractivity (Wildman–Crippen MR) is 93.4 cm³/mol. The Labute approximate surface area is 138 Å². The third-order valence-electron chi connectivity index (χ3n) is 5.74. The average Bonchev–Trinajstić information content (AvgIpc) is 3.20. The molecule has 4 heteroatoms. The molecule has 2 aliphatic heterocycles. The van der Waals surface area contributed by atoms with Crippen LogP contribution in [0.3, 0.4) is 0 Å². The van der Waals surface area contributed by atoms with Crippen LogP contribution in [0.5, 0.6) is 0 Å². The van der Waals surface area contributed by atoms with Gasteiger partial charge in [-0.2, -0.15) is 0 Å². The molecule has 2 saturated heterocycles. The SMILES string of the molecule is CC1(O)CCN(Cc2cccc3[nH]ccc23)CC1N1CCCC1. The summed E-state index contributed by atoms with van der Waals surface area (Å²) in [6.45, 7) is 7.21. The number of hydrogen-bond donors (Lipinski definition) is 2. The van der Waals surface area contributed by atoms with Gasteiger partial charge in [-0.05, 0) is 57.0 Å². The largest absolute Gasteiger partial charge is 0.388 e. The number of piperidine rings is 1. The third-order valence-corrected chi connectivity index (χ3v) is 5.74. The van der Waals surface area contributed by atoms with Gasteiger partial charge in [-0.15, -0.1) is 0 Å². The van der Waals surface area contributed by atoms with Crippen LogP contribution in [0.2, 0.25) is 0 Å². The van der Waals surface area contributed by atoms with Crippen molar-refractivity contribution in [3.8, 4) is 0 Å². The van der Waals surface area contributed by atoms with Crippen molar-refractivity contribution < 1.29 is 5.11 Å². The van der Waals surface area contributed by atoms with E-state index >= 15 is 0 Å². The molecule has 0 bridgehead atoms. The van der Waals surface area contributed by atoms with Crippen molar-refractivity contribution in [1.82, 2.24) is 14.8 Å². The molecule has 0 radical (unpaired) electrons. The minimum atomic E-state index is -0.555. The number of rotatable bonds is 3. The van der Waals surface area contributed by atoms with Crippen molar-refractivity contribution in [1.29, 1.82) is 0 Å². The molecule has 2 N–H and O–H groups in total. The van der Waals surface area contributed by atoms with E-state index in [0.29, 0.717) is 0 Å². The maximum atomic E-state index is 10.8. The lowest BCUT2D eigenvalue weighted by Gasteiger charge is -2.46. The van der Waals surface area contributed by atoms with Gasteiger partial charge in [-0.1, -0.05) is 12.1 Å². The molecule has 2 unspecified atom stereocenters. The third kappa shape index (κ3) is 2.91. The van der Waals surface area contributed by atoms with E-state index in [1.54, 1.807) is 0 Å². The molecule has 2 fully saturated rings. The second-order valence-electron chi connectivity index (χ2n) is 7.46. The number of benzene rings is 1. The first kappa shape index (κ1) is 15.2. The van der Waals surface area contributed by atoms with Crippen LogP contribution in [-0.2, 0) is 6.54 Å². The summed E-state index contributed by atoms with van der Waals surface area (Å²) in [6.07, 6.45) is 5.42. The molecule has 0 spiro atoms. The normalized spacial score (nSPS) is 30.3. The van der Waals surface area contributed by atoms with Crippen molar-refractivity contribution >= 4 is 10.9 Å². The number of aromatic amines is 1. The molecule has 2 aliphatic rings. The number of H-pyrrole nitrogens is 1. The lowest BCUT2D eigenvalue weighted by molar-refractivity contribution is -0.0775. The highest BCUT2D eigenvalue weighted by atomic mass is 16.3. The zero-order valence-corrected chi connectivity index (χ0v) is 14.0. The van der Waals surface area contributed by atoms with Crippen molar-refractivity contribution in [3.63, 3.8) is 0 Å². The Morgan fingerprint density at radius 1 is 1.22 bits per heavy atom. The van der Waals surface area contributed by atoms with Crippen LogP contribution in [0, 0.1) is 0 Å². The van der Waals surface area contributed by atoms with Gasteiger partial charge in [0.05, 0.1) is 11.6 Å². The molecule has 1 aromatic carbocycles. The molecule has 0 saturated carbocycles. The Morgan fingerprint density at radius 2 is 2.04 bits per heavy atom. The van der Waals surface area contributed by atoms with Crippen molar-refractivity contribution in [2.24, 2.45) is 0 Å². The monoisotopic (exact) mass is 313 g/mol. The molecular weight excluding hydrogens is 286 g/mol. The minimum Gasteiger partial charge on any atom is -0.388 e. The highest BCUT2D eigenvalue weighted by Gasteiger charge is 2.41. The van der Waals surface area contributed by atoms with E-state index in [0.717, 1.165) is 39.1 Å². The Balaban J connectivity index is 1.52. The maximum absolute atomic E-state index is 10.8. The Hall–Kier alpha value is -1.36. The summed E-state index contributed by atoms with van der Waals surface area (Å²) in [5.41, 5.74) is 2.04. The topological polar surface area (TPSA) is 42.5 Å². The van der Waals surface area contributed by atoms with Gasteiger partial charge in [-0.25, -0.2) is 0 Å². The first-order chi connectivity index (χ1) is 11.1. The Morgan fingerprint density at radius 3 is 2.87 bits per heavy atom. The predicted octanol–water partition coefficient (Wildman–Crippen LogP) is 2.59. The van der Waals surface area contributed by atoms with Crippen LogP contribution in [0.25, 0.3) is 10.9 Å². The van der Waals surface area contributed by atoms with E-state index in [1.165, 1.54) is 29.3 Å². The zero-order valence-electron chi connectivity index (χ0n) is 14.0. The zero-order chi connectivity index (χ0) is 15.9. The van der Waals surface area contributed by atoms with E-state index in [-0.39, 0.29) is 6.04 Å². The molecule has 4 nitrogen and oxygen atoms in total. The fourth-order valence-corrected chi connectivity index (χ4v) is 4.32. The highest BCUT2D eigenvalue weighted by molar-refractivity contribution is 5.82. The van der Waals surface area contributed by atoms with Gasteiger partial charge >= 0.3 is 0 Å². The second kappa shape index (κ2) is 5.93. The van der Waals surface area contributed by atoms with Crippen molar-refractivity contribution in [2.45, 2.75) is 44.4 Å². The highest BCUT2D eigenvalue weighted by Crippen LogP contribution is 2.30. The summed E-state index contributed by atoms with van der Waals surface area (Å²) in [5.74, 6) is 0. The Bertz CT molecular complexity index is 672. The van der Waals surface area contributed by atoms with Gasteiger partial charge in [0.15, 0.2) is 0 Å². The minimum absolute atomic E-state index is 0.268. The van der Waals surface area contributed by atoms with Crippen LogP contribution < -0.4 is 0 Å². The second-order valence-corrected chi connectivity index (χ2v) is 7.46. The van der Waals surface area contributed by atoms with Crippen molar-refractivity contribution in [3.05, 3.63) is 36.0 Å². The molecular formula is C19H27N3O. The lowest BCUT2D eigenvalue weighted by Crippen LogP contribution is -2.60. The smallest absolute Gasteiger partial charge is 0.0798 e. The van der Waals surface area contributed by atoms with Crippen LogP contribution in [0.4, 0.5) is 0 Å². The number of likely N-dealkylation sites (tertiary alicyclic amines) is 2. The van der Waals surface area contributed by atoms with Gasteiger partial charge < -0.3 is 10.1 Å².